The molecule has 0 aliphatic carbocycles. The molecule has 2 aromatic carbocycles. The summed E-state index contributed by atoms with van der Waals surface area (Å²) < 4.78 is 0. The molecule has 0 aliphatic rings. The van der Waals surface area contributed by atoms with E-state index in [2.05, 4.69) is 37.7 Å². The molecule has 2 N–H and O–H groups in total. The van der Waals surface area contributed by atoms with Gasteiger partial charge in [-0.25, -0.2) is 4.98 Å². The lowest BCUT2D eigenvalue weighted by atomic mass is 10.2. The molecule has 0 saturated heterocycles. The van der Waals surface area contributed by atoms with Crippen molar-refractivity contribution in [1.29, 1.82) is 0 Å². The third-order valence-corrected chi connectivity index (χ3v) is 5.44. The molecule has 154 valence electrons. The third kappa shape index (κ3) is 6.13. The van der Waals surface area contributed by atoms with Crippen molar-refractivity contribution >= 4 is 29.2 Å². The highest BCUT2D eigenvalue weighted by atomic mass is 32.2. The Morgan fingerprint density at radius 1 is 0.839 bits per heavy atom. The van der Waals surface area contributed by atoms with Crippen LogP contribution in [0, 0.1) is 0 Å². The molecule has 2 aromatic heterocycles. The van der Waals surface area contributed by atoms with Crippen LogP contribution in [0.2, 0.25) is 0 Å². The van der Waals surface area contributed by atoms with E-state index in [4.69, 9.17) is 0 Å². The fraction of sp³-hybridized carbons (Fsp3) is 0.0833. The van der Waals surface area contributed by atoms with E-state index in [0.717, 1.165) is 27.8 Å². The maximum Gasteiger partial charge on any atom is 0.255 e. The Balaban J connectivity index is 1.29. The van der Waals surface area contributed by atoms with Crippen LogP contribution in [-0.2, 0) is 12.3 Å². The number of nitrogens with zero attached hydrogens (tertiary/aromatic N) is 3. The minimum absolute atomic E-state index is 0.159. The summed E-state index contributed by atoms with van der Waals surface area (Å²) >= 11 is 1.66. The minimum Gasteiger partial charge on any atom is -0.365 e. The predicted molar refractivity (Wildman–Crippen MR) is 124 cm³/mol. The number of aromatic nitrogens is 3. The van der Waals surface area contributed by atoms with Crippen LogP contribution in [0.4, 0.5) is 11.5 Å². The zero-order valence-electron chi connectivity index (χ0n) is 16.7. The van der Waals surface area contributed by atoms with Gasteiger partial charge in [0.25, 0.3) is 5.91 Å². The van der Waals surface area contributed by atoms with Crippen molar-refractivity contribution in [1.82, 2.24) is 15.0 Å². The minimum atomic E-state index is -0.159. The van der Waals surface area contributed by atoms with Crippen LogP contribution in [0.3, 0.4) is 0 Å². The van der Waals surface area contributed by atoms with Crippen molar-refractivity contribution in [3.05, 3.63) is 108 Å². The predicted octanol–water partition coefficient (Wildman–Crippen LogP) is 5.03. The van der Waals surface area contributed by atoms with Gasteiger partial charge in [0.2, 0.25) is 0 Å². The molecule has 2 heterocycles. The van der Waals surface area contributed by atoms with Gasteiger partial charge >= 0.3 is 0 Å². The number of hydrogen-bond donors (Lipinski definition) is 2. The highest BCUT2D eigenvalue weighted by Gasteiger charge is 2.06. The lowest BCUT2D eigenvalue weighted by Crippen LogP contribution is -2.11. The number of anilines is 2. The van der Waals surface area contributed by atoms with Crippen LogP contribution in [0.15, 0.2) is 96.5 Å². The summed E-state index contributed by atoms with van der Waals surface area (Å²) in [7, 11) is 0. The number of rotatable bonds is 8. The Hall–Kier alpha value is -3.71. The summed E-state index contributed by atoms with van der Waals surface area (Å²) in [6.07, 6.45) is 6.69. The Bertz CT molecular complexity index is 1120. The van der Waals surface area contributed by atoms with Crippen LogP contribution in [0.25, 0.3) is 0 Å². The summed E-state index contributed by atoms with van der Waals surface area (Å²) in [6, 6.07) is 21.4. The summed E-state index contributed by atoms with van der Waals surface area (Å²) in [5, 5.41) is 7.06. The number of thioether (sulfide) groups is 1. The van der Waals surface area contributed by atoms with Crippen molar-refractivity contribution in [2.75, 3.05) is 10.6 Å². The molecule has 6 nitrogen and oxygen atoms in total. The van der Waals surface area contributed by atoms with Crippen molar-refractivity contribution < 1.29 is 4.79 Å². The van der Waals surface area contributed by atoms with Crippen molar-refractivity contribution in [2.45, 2.75) is 17.3 Å². The number of hydrogen-bond acceptors (Lipinski definition) is 6. The summed E-state index contributed by atoms with van der Waals surface area (Å²) in [5.74, 6) is 1.42. The number of nitrogens with one attached hydrogen (secondary N) is 2. The number of carbonyl (C=O) groups excluding carboxylic acids is 1. The molecule has 1 amide bonds. The van der Waals surface area contributed by atoms with E-state index in [1.54, 1.807) is 48.7 Å². The first kappa shape index (κ1) is 20.6. The second-order valence-corrected chi connectivity index (χ2v) is 7.75. The Morgan fingerprint density at radius 3 is 2.39 bits per heavy atom. The third-order valence-electron chi connectivity index (χ3n) is 4.47. The van der Waals surface area contributed by atoms with Crippen molar-refractivity contribution in [2.24, 2.45) is 0 Å². The van der Waals surface area contributed by atoms with E-state index >= 15 is 0 Å². The van der Waals surface area contributed by atoms with Gasteiger partial charge < -0.3 is 10.6 Å². The highest BCUT2D eigenvalue weighted by Crippen LogP contribution is 2.21. The topological polar surface area (TPSA) is 79.8 Å². The Kier molecular flexibility index (Phi) is 6.87. The van der Waals surface area contributed by atoms with Crippen LogP contribution in [0.5, 0.6) is 0 Å². The molecule has 31 heavy (non-hydrogen) atoms. The lowest BCUT2D eigenvalue weighted by molar-refractivity contribution is 0.102. The largest absolute Gasteiger partial charge is 0.365 e. The summed E-state index contributed by atoms with van der Waals surface area (Å²) in [4.78, 5) is 25.0. The molecule has 0 saturated carbocycles. The molecule has 0 bridgehead atoms. The molecule has 0 spiro atoms. The molecule has 0 atom stereocenters. The van der Waals surface area contributed by atoms with Gasteiger partial charge in [0.05, 0.1) is 12.4 Å². The quantitative estimate of drug-likeness (QED) is 0.384. The SMILES string of the molecule is O=C(Nc1ccc(CNc2cncc(SCc3ccccc3)n2)cc1)c1ccncc1. The zero-order valence-corrected chi connectivity index (χ0v) is 17.5. The van der Waals surface area contributed by atoms with Crippen molar-refractivity contribution in [3.8, 4) is 0 Å². The number of amides is 1. The zero-order chi connectivity index (χ0) is 21.3. The van der Waals surface area contributed by atoms with Gasteiger partial charge in [-0.3, -0.25) is 14.8 Å². The number of pyridine rings is 1. The smallest absolute Gasteiger partial charge is 0.255 e. The Morgan fingerprint density at radius 2 is 1.61 bits per heavy atom. The first-order valence-corrected chi connectivity index (χ1v) is 10.8. The Labute approximate surface area is 185 Å². The molecular formula is C24H21N5OS. The second-order valence-electron chi connectivity index (χ2n) is 6.76. The van der Waals surface area contributed by atoms with Gasteiger partial charge in [0, 0.05) is 35.9 Å². The van der Waals surface area contributed by atoms with Crippen LogP contribution in [0.1, 0.15) is 21.5 Å². The molecule has 4 aromatic rings. The second kappa shape index (κ2) is 10.4. The van der Waals surface area contributed by atoms with E-state index in [0.29, 0.717) is 12.1 Å². The van der Waals surface area contributed by atoms with Gasteiger partial charge in [-0.2, -0.15) is 0 Å². The van der Waals surface area contributed by atoms with Crippen LogP contribution in [-0.4, -0.2) is 20.9 Å². The monoisotopic (exact) mass is 427 g/mol. The number of benzene rings is 2. The van der Waals surface area contributed by atoms with Gasteiger partial charge in [-0.05, 0) is 35.4 Å². The molecular weight excluding hydrogens is 406 g/mol. The lowest BCUT2D eigenvalue weighted by Gasteiger charge is -2.09. The number of carbonyl (C=O) groups is 1. The van der Waals surface area contributed by atoms with Crippen LogP contribution < -0.4 is 10.6 Å². The van der Waals surface area contributed by atoms with Gasteiger partial charge in [-0.1, -0.05) is 42.5 Å². The summed E-state index contributed by atoms with van der Waals surface area (Å²) in [6.45, 7) is 0.611. The average Bonchev–Trinajstić information content (AvgIpc) is 2.84. The van der Waals surface area contributed by atoms with Crippen molar-refractivity contribution in [3.63, 3.8) is 0 Å². The van der Waals surface area contributed by atoms with Gasteiger partial charge in [-0.15, -0.1) is 11.8 Å². The molecule has 0 aliphatic heterocycles. The highest BCUT2D eigenvalue weighted by molar-refractivity contribution is 7.98. The fourth-order valence-electron chi connectivity index (χ4n) is 2.84. The molecule has 0 fully saturated rings. The van der Waals surface area contributed by atoms with E-state index < -0.39 is 0 Å². The van der Waals surface area contributed by atoms with E-state index in [9.17, 15) is 4.79 Å². The maximum absolute atomic E-state index is 12.2. The van der Waals surface area contributed by atoms with Crippen LogP contribution >= 0.6 is 11.8 Å². The van der Waals surface area contributed by atoms with E-state index in [1.807, 2.05) is 42.5 Å². The summed E-state index contributed by atoms with van der Waals surface area (Å²) in [5.41, 5.74) is 3.64. The van der Waals surface area contributed by atoms with Gasteiger partial charge in [0.1, 0.15) is 10.8 Å². The molecule has 0 radical (unpaired) electrons. The standard InChI is InChI=1S/C24H21N5OS/c30-24(20-10-12-25-13-11-20)28-21-8-6-18(7-9-21)14-27-22-15-26-16-23(29-22)31-17-19-4-2-1-3-5-19/h1-13,15-16H,14,17H2,(H,27,29)(H,28,30). The average molecular weight is 428 g/mol. The van der Waals surface area contributed by atoms with E-state index in [-0.39, 0.29) is 5.91 Å². The molecule has 7 heteroatoms. The van der Waals surface area contributed by atoms with E-state index in [1.165, 1.54) is 5.56 Å². The molecule has 4 rings (SSSR count). The first-order valence-electron chi connectivity index (χ1n) is 9.79. The van der Waals surface area contributed by atoms with Gasteiger partial charge in [0.15, 0.2) is 0 Å². The molecule has 0 unspecified atom stereocenters. The first-order chi connectivity index (χ1) is 15.3. The maximum atomic E-state index is 12.2. The fourth-order valence-corrected chi connectivity index (χ4v) is 3.64. The normalized spacial score (nSPS) is 10.5.